The van der Waals surface area contributed by atoms with E-state index >= 15 is 0 Å². The van der Waals surface area contributed by atoms with E-state index in [1.807, 2.05) is 30.3 Å². The normalized spacial score (nSPS) is 15.3. The lowest BCUT2D eigenvalue weighted by Gasteiger charge is -2.25. The lowest BCUT2D eigenvalue weighted by molar-refractivity contribution is 0.606. The number of benzene rings is 1. The molecule has 0 bridgehead atoms. The molecule has 5 nitrogen and oxygen atoms in total. The molecule has 1 atom stereocenters. The SMILES string of the molecule is CCCCCCCCc1ccsc1C1c2[nH]c3ccccc3c(=O)c2CN1c1ncccn1. The van der Waals surface area contributed by atoms with Crippen LogP contribution in [0.1, 0.15) is 73.2 Å². The zero-order valence-electron chi connectivity index (χ0n) is 19.1. The Kier molecular flexibility index (Phi) is 6.53. The molecule has 3 aromatic heterocycles. The molecule has 5 rings (SSSR count). The fourth-order valence-electron chi connectivity index (χ4n) is 4.89. The monoisotopic (exact) mass is 458 g/mol. The van der Waals surface area contributed by atoms with E-state index in [9.17, 15) is 4.79 Å². The Hall–Kier alpha value is -2.99. The number of thiophene rings is 1. The summed E-state index contributed by atoms with van der Waals surface area (Å²) in [6.45, 7) is 2.77. The number of anilines is 1. The maximum Gasteiger partial charge on any atom is 0.226 e. The number of unbranched alkanes of at least 4 members (excludes halogenated alkanes) is 5. The van der Waals surface area contributed by atoms with Crippen LogP contribution in [-0.4, -0.2) is 15.0 Å². The molecule has 4 heterocycles. The standard InChI is InChI=1S/C27H30N4OS/c1-2-3-4-5-6-7-11-19-14-17-33-26(19)24-23-21(18-31(24)27-28-15-10-16-29-27)25(32)20-12-8-9-13-22(20)30-23/h8-10,12-17,24H,2-7,11,18H2,1H3,(H,30,32). The van der Waals surface area contributed by atoms with Crippen molar-refractivity contribution < 1.29 is 0 Å². The number of aryl methyl sites for hydroxylation is 1. The van der Waals surface area contributed by atoms with Gasteiger partial charge >= 0.3 is 0 Å². The zero-order valence-corrected chi connectivity index (χ0v) is 19.9. The highest BCUT2D eigenvalue weighted by molar-refractivity contribution is 7.10. The van der Waals surface area contributed by atoms with Crippen molar-refractivity contribution in [3.8, 4) is 0 Å². The molecule has 1 aliphatic heterocycles. The molecule has 0 amide bonds. The molecule has 0 spiro atoms. The summed E-state index contributed by atoms with van der Waals surface area (Å²) < 4.78 is 0. The van der Waals surface area contributed by atoms with Crippen LogP contribution in [0.25, 0.3) is 10.9 Å². The number of aromatic amines is 1. The summed E-state index contributed by atoms with van der Waals surface area (Å²) >= 11 is 1.77. The molecule has 0 saturated heterocycles. The molecule has 1 unspecified atom stereocenters. The number of hydrogen-bond acceptors (Lipinski definition) is 5. The second-order valence-corrected chi connectivity index (χ2v) is 9.75. The minimum absolute atomic E-state index is 0.0743. The molecule has 1 aliphatic rings. The van der Waals surface area contributed by atoms with E-state index in [-0.39, 0.29) is 11.5 Å². The number of fused-ring (bicyclic) bond motifs is 2. The predicted octanol–water partition coefficient (Wildman–Crippen LogP) is 6.39. The molecule has 0 fully saturated rings. The van der Waals surface area contributed by atoms with Crippen LogP contribution in [0.2, 0.25) is 0 Å². The lowest BCUT2D eigenvalue weighted by Crippen LogP contribution is -2.25. The Morgan fingerprint density at radius 2 is 1.82 bits per heavy atom. The molecule has 1 N–H and O–H groups in total. The van der Waals surface area contributed by atoms with Gasteiger partial charge in [0.15, 0.2) is 5.43 Å². The van der Waals surface area contributed by atoms with Crippen molar-refractivity contribution in [2.45, 2.75) is 64.5 Å². The van der Waals surface area contributed by atoms with Crippen LogP contribution in [0.15, 0.2) is 59.0 Å². The van der Waals surface area contributed by atoms with Gasteiger partial charge in [0.25, 0.3) is 0 Å². The minimum atomic E-state index is -0.0743. The number of nitrogens with zero attached hydrogens (tertiary/aromatic N) is 3. The van der Waals surface area contributed by atoms with E-state index in [1.165, 1.54) is 49.0 Å². The number of rotatable bonds is 9. The van der Waals surface area contributed by atoms with Crippen molar-refractivity contribution in [1.29, 1.82) is 0 Å². The van der Waals surface area contributed by atoms with Crippen molar-refractivity contribution in [1.82, 2.24) is 15.0 Å². The van der Waals surface area contributed by atoms with Gasteiger partial charge in [-0.05, 0) is 48.1 Å². The highest BCUT2D eigenvalue weighted by Gasteiger charge is 2.37. The van der Waals surface area contributed by atoms with E-state index in [0.29, 0.717) is 12.5 Å². The van der Waals surface area contributed by atoms with Crippen LogP contribution < -0.4 is 10.3 Å². The van der Waals surface area contributed by atoms with Gasteiger partial charge in [-0.15, -0.1) is 11.3 Å². The second-order valence-electron chi connectivity index (χ2n) is 8.80. The van der Waals surface area contributed by atoms with E-state index < -0.39 is 0 Å². The van der Waals surface area contributed by atoms with Gasteiger partial charge in [0.1, 0.15) is 6.04 Å². The summed E-state index contributed by atoms with van der Waals surface area (Å²) in [5.74, 6) is 0.662. The second kappa shape index (κ2) is 9.87. The van der Waals surface area contributed by atoms with E-state index in [2.05, 4.69) is 38.2 Å². The fraction of sp³-hybridized carbons (Fsp3) is 0.370. The molecule has 1 aromatic carbocycles. The van der Waals surface area contributed by atoms with E-state index in [1.54, 1.807) is 23.7 Å². The molecule has 170 valence electrons. The molecule has 0 aliphatic carbocycles. The molecule has 33 heavy (non-hydrogen) atoms. The van der Waals surface area contributed by atoms with Gasteiger partial charge in [-0.2, -0.15) is 0 Å². The van der Waals surface area contributed by atoms with Gasteiger partial charge in [-0.25, -0.2) is 9.97 Å². The molecule has 6 heteroatoms. The average Bonchev–Trinajstić information content (AvgIpc) is 3.46. The Bertz CT molecular complexity index is 1280. The minimum Gasteiger partial charge on any atom is -0.356 e. The van der Waals surface area contributed by atoms with E-state index in [0.717, 1.165) is 28.6 Å². The molecule has 0 saturated carbocycles. The van der Waals surface area contributed by atoms with Crippen LogP contribution >= 0.6 is 11.3 Å². The number of nitrogens with one attached hydrogen (secondary N) is 1. The molecule has 4 aromatic rings. The highest BCUT2D eigenvalue weighted by Crippen LogP contribution is 2.42. The quantitative estimate of drug-likeness (QED) is 0.295. The van der Waals surface area contributed by atoms with Crippen LogP contribution in [0, 0.1) is 0 Å². The topological polar surface area (TPSA) is 61.9 Å². The number of H-pyrrole nitrogens is 1. The summed E-state index contributed by atoms with van der Waals surface area (Å²) in [5, 5.41) is 2.92. The summed E-state index contributed by atoms with van der Waals surface area (Å²) in [7, 11) is 0. The third kappa shape index (κ3) is 4.32. The maximum atomic E-state index is 13.4. The zero-order chi connectivity index (χ0) is 22.6. The maximum absolute atomic E-state index is 13.4. The molecular weight excluding hydrogens is 428 g/mol. The summed E-state index contributed by atoms with van der Waals surface area (Å²) in [6.07, 6.45) is 12.3. The first-order valence-corrected chi connectivity index (χ1v) is 12.9. The van der Waals surface area contributed by atoms with Crippen LogP contribution in [0.3, 0.4) is 0 Å². The third-order valence-electron chi connectivity index (χ3n) is 6.59. The van der Waals surface area contributed by atoms with Crippen molar-refractivity contribution in [3.05, 3.63) is 86.1 Å². The number of para-hydroxylation sites is 1. The molecule has 0 radical (unpaired) electrons. The number of pyridine rings is 1. The van der Waals surface area contributed by atoms with Crippen molar-refractivity contribution in [2.75, 3.05) is 4.90 Å². The van der Waals surface area contributed by atoms with Gasteiger partial charge < -0.3 is 9.88 Å². The van der Waals surface area contributed by atoms with Gasteiger partial charge in [-0.3, -0.25) is 4.79 Å². The van der Waals surface area contributed by atoms with Gasteiger partial charge in [0.2, 0.25) is 5.95 Å². The Morgan fingerprint density at radius 3 is 2.67 bits per heavy atom. The first-order chi connectivity index (χ1) is 16.3. The largest absolute Gasteiger partial charge is 0.356 e. The lowest BCUT2D eigenvalue weighted by atomic mass is 10.0. The van der Waals surface area contributed by atoms with Crippen molar-refractivity contribution >= 4 is 28.2 Å². The Labute approximate surface area is 198 Å². The number of aromatic nitrogens is 3. The van der Waals surface area contributed by atoms with Crippen molar-refractivity contribution in [2.24, 2.45) is 0 Å². The smallest absolute Gasteiger partial charge is 0.226 e. The van der Waals surface area contributed by atoms with Crippen LogP contribution in [-0.2, 0) is 13.0 Å². The van der Waals surface area contributed by atoms with E-state index in [4.69, 9.17) is 0 Å². The Morgan fingerprint density at radius 1 is 1.03 bits per heavy atom. The van der Waals surface area contributed by atoms with Crippen LogP contribution in [0.4, 0.5) is 5.95 Å². The first kappa shape index (κ1) is 21.8. The Balaban J connectivity index is 1.52. The number of hydrogen-bond donors (Lipinski definition) is 1. The predicted molar refractivity (Wildman–Crippen MR) is 136 cm³/mol. The van der Waals surface area contributed by atoms with Gasteiger partial charge in [0.05, 0.1) is 12.2 Å². The average molecular weight is 459 g/mol. The highest BCUT2D eigenvalue weighted by atomic mass is 32.1. The summed E-state index contributed by atoms with van der Waals surface area (Å²) in [5.41, 5.74) is 4.18. The fourth-order valence-corrected chi connectivity index (χ4v) is 5.97. The summed E-state index contributed by atoms with van der Waals surface area (Å²) in [6, 6.07) is 11.8. The van der Waals surface area contributed by atoms with Gasteiger partial charge in [0, 0.05) is 33.7 Å². The molecular formula is C27H30N4OS. The van der Waals surface area contributed by atoms with Gasteiger partial charge in [-0.1, -0.05) is 51.2 Å². The van der Waals surface area contributed by atoms with Crippen LogP contribution in [0.5, 0.6) is 0 Å². The third-order valence-corrected chi connectivity index (χ3v) is 7.60. The van der Waals surface area contributed by atoms with Crippen molar-refractivity contribution in [3.63, 3.8) is 0 Å². The summed E-state index contributed by atoms with van der Waals surface area (Å²) in [4.78, 5) is 29.6. The first-order valence-electron chi connectivity index (χ1n) is 12.0.